The van der Waals surface area contributed by atoms with E-state index in [0.717, 1.165) is 19.4 Å². The quantitative estimate of drug-likeness (QED) is 0.760. The highest BCUT2D eigenvalue weighted by atomic mass is 32.2. The second-order valence-corrected chi connectivity index (χ2v) is 8.25. The zero-order valence-electron chi connectivity index (χ0n) is 11.4. The first kappa shape index (κ1) is 14.9. The number of ether oxygens (including phenoxy) is 1. The van der Waals surface area contributed by atoms with Crippen LogP contribution in [-0.4, -0.2) is 44.8 Å². The van der Waals surface area contributed by atoms with E-state index in [1.165, 1.54) is 4.31 Å². The Morgan fingerprint density at radius 3 is 2.47 bits per heavy atom. The van der Waals surface area contributed by atoms with Gasteiger partial charge in [0, 0.05) is 20.2 Å². The summed E-state index contributed by atoms with van der Waals surface area (Å²) in [6.07, 6.45) is 2.82. The van der Waals surface area contributed by atoms with E-state index in [9.17, 15) is 8.42 Å². The first-order chi connectivity index (χ1) is 7.71. The van der Waals surface area contributed by atoms with Crippen molar-refractivity contribution in [3.05, 3.63) is 0 Å². The first-order valence-corrected chi connectivity index (χ1v) is 7.87. The molecule has 0 spiro atoms. The Kier molecular flexibility index (Phi) is 4.98. The second-order valence-electron chi connectivity index (χ2n) is 6.06. The van der Waals surface area contributed by atoms with Crippen LogP contribution in [0.15, 0.2) is 0 Å². The summed E-state index contributed by atoms with van der Waals surface area (Å²) in [6.45, 7) is 7.46. The number of hydrogen-bond donors (Lipinski definition) is 0. The van der Waals surface area contributed by atoms with Crippen LogP contribution >= 0.6 is 0 Å². The van der Waals surface area contributed by atoms with E-state index in [1.54, 1.807) is 7.05 Å². The minimum atomic E-state index is -3.13. The summed E-state index contributed by atoms with van der Waals surface area (Å²) in [5.74, 6) is 0.199. The van der Waals surface area contributed by atoms with E-state index in [1.807, 2.05) is 20.8 Å². The van der Waals surface area contributed by atoms with Crippen molar-refractivity contribution in [2.45, 2.75) is 46.1 Å². The molecule has 1 aliphatic rings. The molecule has 102 valence electrons. The van der Waals surface area contributed by atoms with E-state index in [2.05, 4.69) is 0 Å². The highest BCUT2D eigenvalue weighted by Gasteiger charge is 2.25. The summed E-state index contributed by atoms with van der Waals surface area (Å²) in [4.78, 5) is 0. The van der Waals surface area contributed by atoms with Crippen LogP contribution in [0.3, 0.4) is 0 Å². The molecule has 0 aromatic heterocycles. The van der Waals surface area contributed by atoms with Gasteiger partial charge in [-0.25, -0.2) is 12.7 Å². The Morgan fingerprint density at radius 1 is 1.35 bits per heavy atom. The maximum absolute atomic E-state index is 12.0. The van der Waals surface area contributed by atoms with E-state index >= 15 is 0 Å². The molecule has 1 heterocycles. The van der Waals surface area contributed by atoms with Crippen molar-refractivity contribution in [1.82, 2.24) is 4.31 Å². The van der Waals surface area contributed by atoms with Crippen molar-refractivity contribution in [3.8, 4) is 0 Å². The largest absolute Gasteiger partial charge is 0.378 e. The van der Waals surface area contributed by atoms with Gasteiger partial charge in [0.1, 0.15) is 0 Å². The van der Waals surface area contributed by atoms with Crippen molar-refractivity contribution in [3.63, 3.8) is 0 Å². The van der Waals surface area contributed by atoms with Crippen LogP contribution < -0.4 is 0 Å². The Balaban J connectivity index is 2.44. The molecule has 0 aromatic carbocycles. The SMILES string of the molecule is CN(CC(C)(C)C)S(=O)(=O)CC[C@@H]1CCCO1. The highest BCUT2D eigenvalue weighted by molar-refractivity contribution is 7.89. The van der Waals surface area contributed by atoms with Gasteiger partial charge in [0.15, 0.2) is 0 Å². The molecule has 1 fully saturated rings. The van der Waals surface area contributed by atoms with Crippen LogP contribution in [0, 0.1) is 5.41 Å². The lowest BCUT2D eigenvalue weighted by molar-refractivity contribution is 0.108. The van der Waals surface area contributed by atoms with Crippen molar-refractivity contribution in [2.75, 3.05) is 26.0 Å². The van der Waals surface area contributed by atoms with Crippen molar-refractivity contribution in [2.24, 2.45) is 5.41 Å². The topological polar surface area (TPSA) is 46.6 Å². The van der Waals surface area contributed by atoms with Crippen LogP contribution in [0.2, 0.25) is 0 Å². The van der Waals surface area contributed by atoms with E-state index < -0.39 is 10.0 Å². The molecular formula is C12H25NO3S. The van der Waals surface area contributed by atoms with Gasteiger partial charge in [-0.1, -0.05) is 20.8 Å². The third kappa shape index (κ3) is 5.36. The molecule has 1 saturated heterocycles. The molecule has 1 rings (SSSR count). The van der Waals surface area contributed by atoms with Gasteiger partial charge in [-0.05, 0) is 24.7 Å². The van der Waals surface area contributed by atoms with Gasteiger partial charge < -0.3 is 4.74 Å². The van der Waals surface area contributed by atoms with Gasteiger partial charge in [0.2, 0.25) is 10.0 Å². The fourth-order valence-electron chi connectivity index (χ4n) is 2.07. The van der Waals surface area contributed by atoms with Crippen molar-refractivity contribution < 1.29 is 13.2 Å². The molecule has 1 atom stereocenters. The molecule has 0 aromatic rings. The zero-order valence-corrected chi connectivity index (χ0v) is 12.2. The number of nitrogens with zero attached hydrogens (tertiary/aromatic N) is 1. The van der Waals surface area contributed by atoms with Crippen LogP contribution in [0.4, 0.5) is 0 Å². The normalized spacial score (nSPS) is 22.3. The van der Waals surface area contributed by atoms with E-state index in [0.29, 0.717) is 13.0 Å². The molecular weight excluding hydrogens is 238 g/mol. The number of sulfonamides is 1. The predicted molar refractivity (Wildman–Crippen MR) is 69.5 cm³/mol. The van der Waals surface area contributed by atoms with Gasteiger partial charge in [-0.15, -0.1) is 0 Å². The predicted octanol–water partition coefficient (Wildman–Crippen LogP) is 1.86. The van der Waals surface area contributed by atoms with Gasteiger partial charge in [0.25, 0.3) is 0 Å². The van der Waals surface area contributed by atoms with Crippen LogP contribution in [0.25, 0.3) is 0 Å². The lowest BCUT2D eigenvalue weighted by Gasteiger charge is -2.26. The average Bonchev–Trinajstić information content (AvgIpc) is 2.64. The van der Waals surface area contributed by atoms with Crippen molar-refractivity contribution >= 4 is 10.0 Å². The Labute approximate surface area is 105 Å². The van der Waals surface area contributed by atoms with Gasteiger partial charge in [-0.3, -0.25) is 0 Å². The molecule has 4 nitrogen and oxygen atoms in total. The first-order valence-electron chi connectivity index (χ1n) is 6.26. The molecule has 0 radical (unpaired) electrons. The third-order valence-electron chi connectivity index (χ3n) is 2.89. The zero-order chi connectivity index (χ0) is 13.1. The Morgan fingerprint density at radius 2 is 2.00 bits per heavy atom. The standard InChI is InChI=1S/C12H25NO3S/c1-12(2,3)10-13(4)17(14,15)9-7-11-6-5-8-16-11/h11H,5-10H2,1-4H3/t11-/m0/s1. The van der Waals surface area contributed by atoms with Gasteiger partial charge in [0.05, 0.1) is 11.9 Å². The maximum atomic E-state index is 12.0. The summed E-state index contributed by atoms with van der Waals surface area (Å²) in [5, 5.41) is 0. The molecule has 17 heavy (non-hydrogen) atoms. The van der Waals surface area contributed by atoms with E-state index in [4.69, 9.17) is 4.74 Å². The number of hydrogen-bond acceptors (Lipinski definition) is 3. The fourth-order valence-corrected chi connectivity index (χ4v) is 3.53. The van der Waals surface area contributed by atoms with Gasteiger partial charge >= 0.3 is 0 Å². The van der Waals surface area contributed by atoms with Crippen LogP contribution in [0.5, 0.6) is 0 Å². The smallest absolute Gasteiger partial charge is 0.213 e. The Bertz CT molecular complexity index is 326. The Hall–Kier alpha value is -0.130. The molecule has 0 unspecified atom stereocenters. The lowest BCUT2D eigenvalue weighted by atomic mass is 9.97. The molecule has 0 N–H and O–H groups in total. The minimum Gasteiger partial charge on any atom is -0.378 e. The maximum Gasteiger partial charge on any atom is 0.213 e. The molecule has 5 heteroatoms. The highest BCUT2D eigenvalue weighted by Crippen LogP contribution is 2.19. The summed E-state index contributed by atoms with van der Waals surface area (Å²) >= 11 is 0. The minimum absolute atomic E-state index is 0.00826. The van der Waals surface area contributed by atoms with Crippen LogP contribution in [-0.2, 0) is 14.8 Å². The summed E-state index contributed by atoms with van der Waals surface area (Å²) in [6, 6.07) is 0. The molecule has 1 aliphatic heterocycles. The monoisotopic (exact) mass is 263 g/mol. The summed E-state index contributed by atoms with van der Waals surface area (Å²) in [7, 11) is -1.46. The molecule has 0 bridgehead atoms. The van der Waals surface area contributed by atoms with Crippen LogP contribution in [0.1, 0.15) is 40.0 Å². The van der Waals surface area contributed by atoms with Crippen molar-refractivity contribution in [1.29, 1.82) is 0 Å². The third-order valence-corrected chi connectivity index (χ3v) is 4.72. The number of rotatable bonds is 5. The average molecular weight is 263 g/mol. The summed E-state index contributed by atoms with van der Waals surface area (Å²) in [5.41, 5.74) is -0.00826. The van der Waals surface area contributed by atoms with E-state index in [-0.39, 0.29) is 17.3 Å². The van der Waals surface area contributed by atoms with Gasteiger partial charge in [-0.2, -0.15) is 0 Å². The second kappa shape index (κ2) is 5.67. The molecule has 0 aliphatic carbocycles. The fraction of sp³-hybridized carbons (Fsp3) is 1.00. The molecule has 0 amide bonds. The molecule has 0 saturated carbocycles. The summed E-state index contributed by atoms with van der Waals surface area (Å²) < 4.78 is 31.0. The lowest BCUT2D eigenvalue weighted by Crippen LogP contribution is -2.36.